The Morgan fingerprint density at radius 1 is 0.850 bits per heavy atom. The van der Waals surface area contributed by atoms with Gasteiger partial charge in [0.1, 0.15) is 0 Å². The number of ether oxygens (including phenoxy) is 2. The fourth-order valence-corrected chi connectivity index (χ4v) is 2.81. The molecule has 0 fully saturated rings. The Labute approximate surface area is 116 Å². The molecule has 4 heteroatoms. The fraction of sp³-hybridized carbons (Fsp3) is 0.250. The summed E-state index contributed by atoms with van der Waals surface area (Å²) in [6.07, 6.45) is -1.14. The van der Waals surface area contributed by atoms with Gasteiger partial charge in [-0.2, -0.15) is 0 Å². The number of esters is 2. The lowest BCUT2D eigenvalue weighted by Crippen LogP contribution is -2.17. The van der Waals surface area contributed by atoms with E-state index in [0.717, 1.165) is 21.9 Å². The monoisotopic (exact) mass is 270 g/mol. The van der Waals surface area contributed by atoms with Crippen LogP contribution in [0.5, 0.6) is 0 Å². The second kappa shape index (κ2) is 4.63. The quantitative estimate of drug-likeness (QED) is 0.787. The number of benzene rings is 2. The minimum atomic E-state index is -0.572. The Morgan fingerprint density at radius 3 is 1.70 bits per heavy atom. The van der Waals surface area contributed by atoms with Crippen molar-refractivity contribution in [3.05, 3.63) is 47.5 Å². The van der Waals surface area contributed by atoms with Gasteiger partial charge in [0.25, 0.3) is 0 Å². The average molecular weight is 270 g/mol. The van der Waals surface area contributed by atoms with Crippen molar-refractivity contribution >= 4 is 22.7 Å². The van der Waals surface area contributed by atoms with Crippen LogP contribution in [-0.4, -0.2) is 11.9 Å². The van der Waals surface area contributed by atoms with Gasteiger partial charge in [0.15, 0.2) is 12.2 Å². The molecule has 0 radical (unpaired) electrons. The number of rotatable bonds is 2. The lowest BCUT2D eigenvalue weighted by molar-refractivity contribution is -0.165. The predicted molar refractivity (Wildman–Crippen MR) is 73.0 cm³/mol. The average Bonchev–Trinajstić information content (AvgIpc) is 2.67. The van der Waals surface area contributed by atoms with Crippen molar-refractivity contribution in [2.45, 2.75) is 26.1 Å². The standard InChI is InChI=1S/C16H14O4/c1-9(17)19-15-12-7-3-5-11-6-4-8-13(14(11)12)16(15)20-10(2)18/h3-8,15-16H,1-2H3/t15-,16+. The van der Waals surface area contributed by atoms with Gasteiger partial charge in [0, 0.05) is 25.0 Å². The van der Waals surface area contributed by atoms with E-state index in [2.05, 4.69) is 0 Å². The number of carbonyl (C=O) groups excluding carboxylic acids is 2. The molecule has 2 atom stereocenters. The maximum Gasteiger partial charge on any atom is 0.303 e. The zero-order valence-electron chi connectivity index (χ0n) is 11.3. The van der Waals surface area contributed by atoms with Crippen molar-refractivity contribution < 1.29 is 19.1 Å². The van der Waals surface area contributed by atoms with Crippen molar-refractivity contribution in [3.8, 4) is 0 Å². The van der Waals surface area contributed by atoms with E-state index in [1.807, 2.05) is 36.4 Å². The number of hydrogen-bond donors (Lipinski definition) is 0. The highest BCUT2D eigenvalue weighted by molar-refractivity contribution is 5.92. The van der Waals surface area contributed by atoms with E-state index in [4.69, 9.17) is 9.47 Å². The van der Waals surface area contributed by atoms with E-state index in [9.17, 15) is 9.59 Å². The highest BCUT2D eigenvalue weighted by atomic mass is 16.6. The molecule has 0 saturated carbocycles. The van der Waals surface area contributed by atoms with Crippen molar-refractivity contribution in [3.63, 3.8) is 0 Å². The van der Waals surface area contributed by atoms with E-state index in [1.165, 1.54) is 13.8 Å². The number of carbonyl (C=O) groups is 2. The van der Waals surface area contributed by atoms with Gasteiger partial charge in [-0.1, -0.05) is 36.4 Å². The molecular formula is C16H14O4. The first kappa shape index (κ1) is 12.7. The molecule has 1 aliphatic carbocycles. The Morgan fingerprint density at radius 2 is 1.30 bits per heavy atom. The lowest BCUT2D eigenvalue weighted by Gasteiger charge is -2.21. The molecule has 0 aliphatic heterocycles. The van der Waals surface area contributed by atoms with Crippen LogP contribution >= 0.6 is 0 Å². The molecule has 0 heterocycles. The van der Waals surface area contributed by atoms with Crippen LogP contribution in [0.1, 0.15) is 37.2 Å². The molecule has 0 unspecified atom stereocenters. The third kappa shape index (κ3) is 1.93. The topological polar surface area (TPSA) is 52.6 Å². The smallest absolute Gasteiger partial charge is 0.303 e. The van der Waals surface area contributed by atoms with Crippen molar-refractivity contribution in [2.24, 2.45) is 0 Å². The molecule has 0 saturated heterocycles. The summed E-state index contributed by atoms with van der Waals surface area (Å²) in [5.41, 5.74) is 1.78. The van der Waals surface area contributed by atoms with E-state index in [1.54, 1.807) is 0 Å². The Balaban J connectivity index is 2.17. The molecule has 4 nitrogen and oxygen atoms in total. The van der Waals surface area contributed by atoms with Crippen LogP contribution in [0.4, 0.5) is 0 Å². The predicted octanol–water partition coefficient (Wildman–Crippen LogP) is 3.06. The molecule has 102 valence electrons. The van der Waals surface area contributed by atoms with Crippen LogP contribution in [0.2, 0.25) is 0 Å². The lowest BCUT2D eigenvalue weighted by atomic mass is 10.1. The van der Waals surface area contributed by atoms with Gasteiger partial charge < -0.3 is 9.47 Å². The summed E-state index contributed by atoms with van der Waals surface area (Å²) in [6.45, 7) is 2.71. The second-order valence-electron chi connectivity index (χ2n) is 4.85. The van der Waals surface area contributed by atoms with Crippen molar-refractivity contribution in [1.82, 2.24) is 0 Å². The van der Waals surface area contributed by atoms with Crippen LogP contribution in [-0.2, 0) is 19.1 Å². The summed E-state index contributed by atoms with van der Waals surface area (Å²) in [5, 5.41) is 2.05. The molecule has 3 rings (SSSR count). The number of hydrogen-bond acceptors (Lipinski definition) is 4. The normalized spacial score (nSPS) is 19.9. The minimum Gasteiger partial charge on any atom is -0.453 e. The Kier molecular flexibility index (Phi) is 2.93. The SMILES string of the molecule is CC(=O)O[C@@H]1c2cccc3cccc(c23)[C@@H]1OC(C)=O. The summed E-state index contributed by atoms with van der Waals surface area (Å²) in [4.78, 5) is 22.7. The van der Waals surface area contributed by atoms with Crippen LogP contribution in [0.3, 0.4) is 0 Å². The summed E-state index contributed by atoms with van der Waals surface area (Å²) in [6, 6.07) is 11.6. The maximum absolute atomic E-state index is 11.3. The summed E-state index contributed by atoms with van der Waals surface area (Å²) in [7, 11) is 0. The summed E-state index contributed by atoms with van der Waals surface area (Å²) < 4.78 is 10.8. The third-order valence-corrected chi connectivity index (χ3v) is 3.44. The molecule has 1 aliphatic rings. The Bertz CT molecular complexity index is 648. The fourth-order valence-electron chi connectivity index (χ4n) is 2.81. The van der Waals surface area contributed by atoms with Gasteiger partial charge in [0.05, 0.1) is 0 Å². The van der Waals surface area contributed by atoms with Crippen molar-refractivity contribution in [2.75, 3.05) is 0 Å². The molecular weight excluding hydrogens is 256 g/mol. The van der Waals surface area contributed by atoms with Gasteiger partial charge >= 0.3 is 11.9 Å². The van der Waals surface area contributed by atoms with Crippen LogP contribution in [0.25, 0.3) is 10.8 Å². The molecule has 0 N–H and O–H groups in total. The van der Waals surface area contributed by atoms with Crippen LogP contribution in [0, 0.1) is 0 Å². The molecule has 0 spiro atoms. The van der Waals surface area contributed by atoms with E-state index < -0.39 is 24.1 Å². The van der Waals surface area contributed by atoms with E-state index in [0.29, 0.717) is 0 Å². The van der Waals surface area contributed by atoms with Gasteiger partial charge in [-0.05, 0) is 10.8 Å². The maximum atomic E-state index is 11.3. The first-order chi connectivity index (χ1) is 9.58. The van der Waals surface area contributed by atoms with E-state index in [-0.39, 0.29) is 0 Å². The minimum absolute atomic E-state index is 0.392. The third-order valence-electron chi connectivity index (χ3n) is 3.44. The van der Waals surface area contributed by atoms with Gasteiger partial charge in [-0.15, -0.1) is 0 Å². The summed E-state index contributed by atoms with van der Waals surface area (Å²) in [5.74, 6) is -0.783. The van der Waals surface area contributed by atoms with E-state index >= 15 is 0 Å². The van der Waals surface area contributed by atoms with Crippen LogP contribution in [0.15, 0.2) is 36.4 Å². The zero-order valence-corrected chi connectivity index (χ0v) is 11.3. The zero-order chi connectivity index (χ0) is 14.3. The largest absolute Gasteiger partial charge is 0.453 e. The molecule has 2 aromatic carbocycles. The highest BCUT2D eigenvalue weighted by Crippen LogP contribution is 2.47. The van der Waals surface area contributed by atoms with Crippen LogP contribution < -0.4 is 0 Å². The Hall–Kier alpha value is -2.36. The first-order valence-corrected chi connectivity index (χ1v) is 6.44. The molecule has 2 aromatic rings. The molecule has 20 heavy (non-hydrogen) atoms. The second-order valence-corrected chi connectivity index (χ2v) is 4.85. The van der Waals surface area contributed by atoms with Gasteiger partial charge in [0.2, 0.25) is 0 Å². The molecule has 0 amide bonds. The summed E-state index contributed by atoms with van der Waals surface area (Å²) >= 11 is 0. The molecule has 0 aromatic heterocycles. The van der Waals surface area contributed by atoms with Crippen molar-refractivity contribution in [1.29, 1.82) is 0 Å². The molecule has 0 bridgehead atoms. The highest BCUT2D eigenvalue weighted by Gasteiger charge is 2.38. The van der Waals surface area contributed by atoms with Gasteiger partial charge in [-0.3, -0.25) is 9.59 Å². The first-order valence-electron chi connectivity index (χ1n) is 6.44. The van der Waals surface area contributed by atoms with Gasteiger partial charge in [-0.25, -0.2) is 0 Å².